The standard InChI is InChI=1S/C19H20N2O3/c1-13-5-3-4-6-17(13)20-19(23)14-11-18(22)21(12-14)15-7-9-16(24-2)10-8-15/h3-10,14H,11-12H2,1-2H3,(H,20,23). The van der Waals surface area contributed by atoms with Crippen molar-refractivity contribution < 1.29 is 14.3 Å². The molecule has 1 atom stereocenters. The lowest BCUT2D eigenvalue weighted by Gasteiger charge is -2.17. The van der Waals surface area contributed by atoms with E-state index in [9.17, 15) is 9.59 Å². The summed E-state index contributed by atoms with van der Waals surface area (Å²) in [7, 11) is 1.60. The fourth-order valence-electron chi connectivity index (χ4n) is 2.84. The Balaban J connectivity index is 1.69. The number of nitrogens with zero attached hydrogens (tertiary/aromatic N) is 1. The summed E-state index contributed by atoms with van der Waals surface area (Å²) < 4.78 is 5.13. The summed E-state index contributed by atoms with van der Waals surface area (Å²) in [5.74, 6) is 0.234. The number of hydrogen-bond donors (Lipinski definition) is 1. The maximum absolute atomic E-state index is 12.5. The third-order valence-corrected chi connectivity index (χ3v) is 4.28. The summed E-state index contributed by atoms with van der Waals surface area (Å²) in [5.41, 5.74) is 2.58. The van der Waals surface area contributed by atoms with E-state index in [1.807, 2.05) is 55.5 Å². The predicted octanol–water partition coefficient (Wildman–Crippen LogP) is 3.00. The van der Waals surface area contributed by atoms with Gasteiger partial charge in [0.2, 0.25) is 11.8 Å². The second-order valence-corrected chi connectivity index (χ2v) is 5.91. The van der Waals surface area contributed by atoms with Crippen molar-refractivity contribution in [2.75, 3.05) is 23.9 Å². The van der Waals surface area contributed by atoms with Crippen LogP contribution in [0.25, 0.3) is 0 Å². The summed E-state index contributed by atoms with van der Waals surface area (Å²) in [6.07, 6.45) is 0.226. The summed E-state index contributed by atoms with van der Waals surface area (Å²) >= 11 is 0. The van der Waals surface area contributed by atoms with Gasteiger partial charge < -0.3 is 15.0 Å². The van der Waals surface area contributed by atoms with E-state index in [1.165, 1.54) is 0 Å². The number of nitrogens with one attached hydrogen (secondary N) is 1. The average Bonchev–Trinajstić information content (AvgIpc) is 2.99. The number of rotatable bonds is 4. The van der Waals surface area contributed by atoms with Crippen molar-refractivity contribution in [3.63, 3.8) is 0 Å². The lowest BCUT2D eigenvalue weighted by Crippen LogP contribution is -2.28. The van der Waals surface area contributed by atoms with Gasteiger partial charge in [0.15, 0.2) is 0 Å². The summed E-state index contributed by atoms with van der Waals surface area (Å²) in [6.45, 7) is 2.34. The van der Waals surface area contributed by atoms with E-state index in [0.717, 1.165) is 22.7 Å². The Kier molecular flexibility index (Phi) is 4.51. The number of hydrogen-bond acceptors (Lipinski definition) is 3. The number of para-hydroxylation sites is 1. The molecule has 1 saturated heterocycles. The van der Waals surface area contributed by atoms with Crippen molar-refractivity contribution in [2.24, 2.45) is 5.92 Å². The van der Waals surface area contributed by atoms with Crippen molar-refractivity contribution in [1.82, 2.24) is 0 Å². The van der Waals surface area contributed by atoms with Crippen molar-refractivity contribution in [3.8, 4) is 5.75 Å². The molecule has 0 saturated carbocycles. The fraction of sp³-hybridized carbons (Fsp3) is 0.263. The minimum Gasteiger partial charge on any atom is -0.497 e. The summed E-state index contributed by atoms with van der Waals surface area (Å²) in [5, 5.41) is 2.93. The van der Waals surface area contributed by atoms with Crippen LogP contribution in [0.5, 0.6) is 5.75 Å². The topological polar surface area (TPSA) is 58.6 Å². The summed E-state index contributed by atoms with van der Waals surface area (Å²) in [4.78, 5) is 26.4. The van der Waals surface area contributed by atoms with Crippen LogP contribution in [0.4, 0.5) is 11.4 Å². The van der Waals surface area contributed by atoms with Crippen LogP contribution in [0.2, 0.25) is 0 Å². The minimum absolute atomic E-state index is 0.0369. The van der Waals surface area contributed by atoms with Crippen molar-refractivity contribution >= 4 is 23.2 Å². The molecule has 2 amide bonds. The Morgan fingerprint density at radius 2 is 1.88 bits per heavy atom. The van der Waals surface area contributed by atoms with E-state index in [0.29, 0.717) is 6.54 Å². The highest BCUT2D eigenvalue weighted by Gasteiger charge is 2.35. The number of carbonyl (C=O) groups excluding carboxylic acids is 2. The van der Waals surface area contributed by atoms with Gasteiger partial charge in [-0.05, 0) is 42.8 Å². The largest absolute Gasteiger partial charge is 0.497 e. The maximum Gasteiger partial charge on any atom is 0.229 e. The van der Waals surface area contributed by atoms with Gasteiger partial charge in [0.05, 0.1) is 13.0 Å². The van der Waals surface area contributed by atoms with Gasteiger partial charge in [-0.3, -0.25) is 9.59 Å². The number of aryl methyl sites for hydroxylation is 1. The highest BCUT2D eigenvalue weighted by molar-refractivity contribution is 6.03. The Hall–Kier alpha value is -2.82. The average molecular weight is 324 g/mol. The zero-order valence-corrected chi connectivity index (χ0v) is 13.8. The second-order valence-electron chi connectivity index (χ2n) is 5.91. The zero-order chi connectivity index (χ0) is 17.1. The molecular weight excluding hydrogens is 304 g/mol. The van der Waals surface area contributed by atoms with E-state index in [1.54, 1.807) is 12.0 Å². The smallest absolute Gasteiger partial charge is 0.229 e. The van der Waals surface area contributed by atoms with E-state index < -0.39 is 0 Å². The van der Waals surface area contributed by atoms with Crippen LogP contribution in [0.1, 0.15) is 12.0 Å². The van der Waals surface area contributed by atoms with Gasteiger partial charge in [-0.15, -0.1) is 0 Å². The molecule has 24 heavy (non-hydrogen) atoms. The molecule has 0 radical (unpaired) electrons. The van der Waals surface area contributed by atoms with Gasteiger partial charge >= 0.3 is 0 Å². The Bertz CT molecular complexity index is 755. The fourth-order valence-corrected chi connectivity index (χ4v) is 2.84. The molecule has 2 aromatic carbocycles. The van der Waals surface area contributed by atoms with Gasteiger partial charge in [-0.25, -0.2) is 0 Å². The Morgan fingerprint density at radius 3 is 2.54 bits per heavy atom. The highest BCUT2D eigenvalue weighted by Crippen LogP contribution is 2.27. The van der Waals surface area contributed by atoms with Crippen molar-refractivity contribution in [1.29, 1.82) is 0 Å². The number of carbonyl (C=O) groups is 2. The van der Waals surface area contributed by atoms with E-state index >= 15 is 0 Å². The lowest BCUT2D eigenvalue weighted by molar-refractivity contribution is -0.122. The molecule has 1 aliphatic rings. The minimum atomic E-state index is -0.348. The first-order valence-corrected chi connectivity index (χ1v) is 7.89. The number of benzene rings is 2. The normalized spacial score (nSPS) is 17.0. The molecule has 5 heteroatoms. The van der Waals surface area contributed by atoms with E-state index in [4.69, 9.17) is 4.74 Å². The molecule has 2 aromatic rings. The van der Waals surface area contributed by atoms with E-state index in [-0.39, 0.29) is 24.2 Å². The zero-order valence-electron chi connectivity index (χ0n) is 13.8. The van der Waals surface area contributed by atoms with Crippen LogP contribution in [0, 0.1) is 12.8 Å². The van der Waals surface area contributed by atoms with Gasteiger partial charge in [-0.1, -0.05) is 18.2 Å². The van der Waals surface area contributed by atoms with E-state index in [2.05, 4.69) is 5.32 Å². The maximum atomic E-state index is 12.5. The number of methoxy groups -OCH3 is 1. The van der Waals surface area contributed by atoms with Crippen LogP contribution < -0.4 is 15.0 Å². The number of anilines is 2. The molecule has 1 N–H and O–H groups in total. The molecule has 5 nitrogen and oxygen atoms in total. The molecule has 0 bridgehead atoms. The number of amides is 2. The molecule has 0 aliphatic carbocycles. The van der Waals surface area contributed by atoms with Crippen LogP contribution in [-0.4, -0.2) is 25.5 Å². The molecule has 1 heterocycles. The van der Waals surface area contributed by atoms with Gasteiger partial charge in [0, 0.05) is 24.3 Å². The van der Waals surface area contributed by atoms with Crippen LogP contribution >= 0.6 is 0 Å². The SMILES string of the molecule is COc1ccc(N2CC(C(=O)Nc3ccccc3C)CC2=O)cc1. The van der Waals surface area contributed by atoms with Crippen molar-refractivity contribution in [3.05, 3.63) is 54.1 Å². The molecule has 1 fully saturated rings. The first-order valence-electron chi connectivity index (χ1n) is 7.89. The quantitative estimate of drug-likeness (QED) is 0.940. The first-order chi connectivity index (χ1) is 11.6. The molecule has 124 valence electrons. The third kappa shape index (κ3) is 3.25. The van der Waals surface area contributed by atoms with Crippen LogP contribution in [0.3, 0.4) is 0 Å². The van der Waals surface area contributed by atoms with Gasteiger partial charge in [0.25, 0.3) is 0 Å². The lowest BCUT2D eigenvalue weighted by atomic mass is 10.1. The third-order valence-electron chi connectivity index (χ3n) is 4.28. The highest BCUT2D eigenvalue weighted by atomic mass is 16.5. The molecule has 0 aromatic heterocycles. The Morgan fingerprint density at radius 1 is 1.17 bits per heavy atom. The van der Waals surface area contributed by atoms with Crippen molar-refractivity contribution in [2.45, 2.75) is 13.3 Å². The van der Waals surface area contributed by atoms with Gasteiger partial charge in [0.1, 0.15) is 5.75 Å². The molecular formula is C19H20N2O3. The predicted molar refractivity (Wildman–Crippen MR) is 93.3 cm³/mol. The number of ether oxygens (including phenoxy) is 1. The molecule has 1 unspecified atom stereocenters. The van der Waals surface area contributed by atoms with Crippen LogP contribution in [0.15, 0.2) is 48.5 Å². The first kappa shape index (κ1) is 16.1. The monoisotopic (exact) mass is 324 g/mol. The molecule has 3 rings (SSSR count). The molecule has 1 aliphatic heterocycles. The van der Waals surface area contributed by atoms with Crippen LogP contribution in [-0.2, 0) is 9.59 Å². The second kappa shape index (κ2) is 6.74. The Labute approximate surface area is 141 Å². The molecule has 0 spiro atoms. The van der Waals surface area contributed by atoms with Gasteiger partial charge in [-0.2, -0.15) is 0 Å². The summed E-state index contributed by atoms with van der Waals surface area (Å²) in [6, 6.07) is 14.9.